The van der Waals surface area contributed by atoms with Crippen molar-refractivity contribution in [2.24, 2.45) is 0 Å². The van der Waals surface area contributed by atoms with Crippen LogP contribution in [-0.4, -0.2) is 31.9 Å². The lowest BCUT2D eigenvalue weighted by Gasteiger charge is -2.04. The highest BCUT2D eigenvalue weighted by Crippen LogP contribution is 2.35. The summed E-state index contributed by atoms with van der Waals surface area (Å²) in [6.45, 7) is 1.98. The van der Waals surface area contributed by atoms with Gasteiger partial charge in [0, 0.05) is 5.56 Å². The van der Waals surface area contributed by atoms with Crippen LogP contribution in [0.2, 0.25) is 5.02 Å². The van der Waals surface area contributed by atoms with Gasteiger partial charge < -0.3 is 14.0 Å². The molecular weight excluding hydrogens is 389 g/mol. The van der Waals surface area contributed by atoms with Gasteiger partial charge in [-0.1, -0.05) is 22.0 Å². The van der Waals surface area contributed by atoms with E-state index < -0.39 is 5.82 Å². The monoisotopic (exact) mass is 399 g/mol. The van der Waals surface area contributed by atoms with E-state index in [2.05, 4.69) is 20.5 Å². The molecule has 0 N–H and O–H groups in total. The van der Waals surface area contributed by atoms with Crippen molar-refractivity contribution < 1.29 is 18.4 Å². The van der Waals surface area contributed by atoms with Crippen LogP contribution in [0.15, 0.2) is 40.9 Å². The largest absolute Gasteiger partial charge is 0.454 e. The number of fused-ring (bicyclic) bond motifs is 1. The molecule has 1 aliphatic heterocycles. The summed E-state index contributed by atoms with van der Waals surface area (Å²) in [4.78, 5) is 4.40. The van der Waals surface area contributed by atoms with Gasteiger partial charge in [-0.05, 0) is 43.3 Å². The second kappa shape index (κ2) is 6.31. The SMILES string of the molecule is Cc1c(-c2nc(-c3ccc4c(c3)OCO4)no2)nnn1-c1ccc(F)c(Cl)c1. The summed E-state index contributed by atoms with van der Waals surface area (Å²) >= 11 is 5.85. The predicted octanol–water partition coefficient (Wildman–Crippen LogP) is 3.81. The molecule has 0 saturated heterocycles. The van der Waals surface area contributed by atoms with Crippen molar-refractivity contribution in [3.63, 3.8) is 0 Å². The Bertz CT molecular complexity index is 1210. The van der Waals surface area contributed by atoms with E-state index in [-0.39, 0.29) is 17.7 Å². The second-order valence-electron chi connectivity index (χ2n) is 6.02. The Hall–Kier alpha value is -3.46. The van der Waals surface area contributed by atoms with Crippen molar-refractivity contribution >= 4 is 11.6 Å². The van der Waals surface area contributed by atoms with Crippen LogP contribution in [0.1, 0.15) is 5.69 Å². The standard InChI is InChI=1S/C18H11ClFN5O3/c1-9-16(22-24-25(9)11-3-4-13(20)12(19)7-11)18-21-17(23-28-18)10-2-5-14-15(6-10)27-8-26-14/h2-7H,8H2,1H3. The van der Waals surface area contributed by atoms with Gasteiger partial charge in [0.05, 0.1) is 16.4 Å². The third kappa shape index (κ3) is 2.67. The molecule has 0 bridgehead atoms. The van der Waals surface area contributed by atoms with Gasteiger partial charge >= 0.3 is 0 Å². The van der Waals surface area contributed by atoms with E-state index >= 15 is 0 Å². The number of nitrogens with zero attached hydrogens (tertiary/aromatic N) is 5. The summed E-state index contributed by atoms with van der Waals surface area (Å²) in [6, 6.07) is 9.66. The van der Waals surface area contributed by atoms with Crippen LogP contribution in [0.4, 0.5) is 4.39 Å². The van der Waals surface area contributed by atoms with Gasteiger partial charge in [0.15, 0.2) is 17.2 Å². The molecule has 28 heavy (non-hydrogen) atoms. The maximum absolute atomic E-state index is 13.4. The van der Waals surface area contributed by atoms with E-state index in [4.69, 9.17) is 25.6 Å². The Labute approximate surface area is 162 Å². The zero-order chi connectivity index (χ0) is 19.3. The van der Waals surface area contributed by atoms with Gasteiger partial charge in [-0.15, -0.1) is 5.10 Å². The van der Waals surface area contributed by atoms with Crippen molar-refractivity contribution in [2.45, 2.75) is 6.92 Å². The molecule has 5 rings (SSSR count). The lowest BCUT2D eigenvalue weighted by Crippen LogP contribution is -1.99. The summed E-state index contributed by atoms with van der Waals surface area (Å²) in [7, 11) is 0. The van der Waals surface area contributed by atoms with E-state index in [9.17, 15) is 4.39 Å². The molecule has 0 aliphatic carbocycles. The molecule has 0 radical (unpaired) electrons. The Kier molecular flexibility index (Phi) is 3.76. The van der Waals surface area contributed by atoms with Gasteiger partial charge in [0.25, 0.3) is 5.89 Å². The summed E-state index contributed by atoms with van der Waals surface area (Å²) in [5, 5.41) is 12.2. The molecule has 140 valence electrons. The van der Waals surface area contributed by atoms with E-state index in [0.717, 1.165) is 5.56 Å². The highest BCUT2D eigenvalue weighted by Gasteiger charge is 2.21. The first-order chi connectivity index (χ1) is 13.6. The molecule has 0 unspecified atom stereocenters. The molecule has 0 saturated carbocycles. The average molecular weight is 400 g/mol. The third-order valence-electron chi connectivity index (χ3n) is 4.30. The molecule has 0 amide bonds. The summed E-state index contributed by atoms with van der Waals surface area (Å²) in [6.07, 6.45) is 0. The zero-order valence-electron chi connectivity index (χ0n) is 14.4. The highest BCUT2D eigenvalue weighted by atomic mass is 35.5. The van der Waals surface area contributed by atoms with Crippen LogP contribution in [0.3, 0.4) is 0 Å². The first-order valence-corrected chi connectivity index (χ1v) is 8.60. The number of aromatic nitrogens is 5. The predicted molar refractivity (Wildman–Crippen MR) is 95.9 cm³/mol. The number of hydrogen-bond acceptors (Lipinski definition) is 7. The molecule has 0 fully saturated rings. The minimum atomic E-state index is -0.506. The topological polar surface area (TPSA) is 88.1 Å². The van der Waals surface area contributed by atoms with Gasteiger partial charge in [-0.2, -0.15) is 4.98 Å². The van der Waals surface area contributed by atoms with Crippen LogP contribution >= 0.6 is 11.6 Å². The fourth-order valence-electron chi connectivity index (χ4n) is 2.86. The summed E-state index contributed by atoms with van der Waals surface area (Å²) in [5.74, 6) is 1.38. The van der Waals surface area contributed by atoms with Crippen LogP contribution in [0, 0.1) is 12.7 Å². The van der Waals surface area contributed by atoms with Gasteiger partial charge in [-0.3, -0.25) is 0 Å². The highest BCUT2D eigenvalue weighted by molar-refractivity contribution is 6.30. The maximum Gasteiger partial charge on any atom is 0.280 e. The van der Waals surface area contributed by atoms with Crippen molar-refractivity contribution in [1.29, 1.82) is 0 Å². The molecule has 3 heterocycles. The molecule has 2 aromatic carbocycles. The van der Waals surface area contributed by atoms with Crippen LogP contribution in [-0.2, 0) is 0 Å². The first kappa shape index (κ1) is 16.7. The van der Waals surface area contributed by atoms with Crippen molar-refractivity contribution in [3.05, 3.63) is 52.9 Å². The Morgan fingerprint density at radius 1 is 1.11 bits per heavy atom. The summed E-state index contributed by atoms with van der Waals surface area (Å²) in [5.41, 5.74) is 2.34. The van der Waals surface area contributed by atoms with Gasteiger partial charge in [0.1, 0.15) is 5.82 Å². The maximum atomic E-state index is 13.4. The Morgan fingerprint density at radius 3 is 2.82 bits per heavy atom. The van der Waals surface area contributed by atoms with Crippen LogP contribution < -0.4 is 9.47 Å². The molecule has 0 spiro atoms. The van der Waals surface area contributed by atoms with Crippen LogP contribution in [0.5, 0.6) is 11.5 Å². The van der Waals surface area contributed by atoms with Gasteiger partial charge in [0.2, 0.25) is 12.6 Å². The molecule has 2 aromatic heterocycles. The number of benzene rings is 2. The minimum absolute atomic E-state index is 0.00293. The van der Waals surface area contributed by atoms with E-state index in [0.29, 0.717) is 34.4 Å². The normalized spacial score (nSPS) is 12.5. The average Bonchev–Trinajstić information content (AvgIpc) is 3.42. The number of ether oxygens (including phenoxy) is 2. The van der Waals surface area contributed by atoms with Crippen molar-refractivity contribution in [2.75, 3.05) is 6.79 Å². The fraction of sp³-hybridized carbons (Fsp3) is 0.111. The Balaban J connectivity index is 1.49. The molecule has 8 nitrogen and oxygen atoms in total. The lowest BCUT2D eigenvalue weighted by atomic mass is 10.2. The van der Waals surface area contributed by atoms with Crippen LogP contribution in [0.25, 0.3) is 28.7 Å². The molecular formula is C18H11ClFN5O3. The van der Waals surface area contributed by atoms with Gasteiger partial charge in [-0.25, -0.2) is 9.07 Å². The van der Waals surface area contributed by atoms with Crippen molar-refractivity contribution in [1.82, 2.24) is 25.1 Å². The van der Waals surface area contributed by atoms with E-state index in [1.807, 2.05) is 6.07 Å². The lowest BCUT2D eigenvalue weighted by molar-refractivity contribution is 0.174. The zero-order valence-corrected chi connectivity index (χ0v) is 15.1. The second-order valence-corrected chi connectivity index (χ2v) is 6.43. The smallest absolute Gasteiger partial charge is 0.280 e. The fourth-order valence-corrected chi connectivity index (χ4v) is 3.04. The number of hydrogen-bond donors (Lipinski definition) is 0. The molecule has 0 atom stereocenters. The molecule has 4 aromatic rings. The Morgan fingerprint density at radius 2 is 1.96 bits per heavy atom. The molecule has 1 aliphatic rings. The van der Waals surface area contributed by atoms with Crippen molar-refractivity contribution in [3.8, 4) is 40.2 Å². The number of halogens is 2. The molecule has 10 heteroatoms. The third-order valence-corrected chi connectivity index (χ3v) is 4.59. The van der Waals surface area contributed by atoms with E-state index in [1.165, 1.54) is 16.8 Å². The first-order valence-electron chi connectivity index (χ1n) is 8.22. The van der Waals surface area contributed by atoms with E-state index in [1.54, 1.807) is 25.1 Å². The quantitative estimate of drug-likeness (QED) is 0.517. The minimum Gasteiger partial charge on any atom is -0.454 e. The number of rotatable bonds is 3. The summed E-state index contributed by atoms with van der Waals surface area (Å²) < 4.78 is 31.0.